The van der Waals surface area contributed by atoms with Crippen LogP contribution in [-0.4, -0.2) is 29.7 Å². The van der Waals surface area contributed by atoms with Crippen LogP contribution in [0.25, 0.3) is 10.9 Å². The van der Waals surface area contributed by atoms with Crippen molar-refractivity contribution in [2.24, 2.45) is 0 Å². The van der Waals surface area contributed by atoms with E-state index in [2.05, 4.69) is 10.3 Å². The molecule has 1 amide bonds. The lowest BCUT2D eigenvalue weighted by atomic mass is 10.1. The van der Waals surface area contributed by atoms with Crippen LogP contribution in [-0.2, 0) is 9.59 Å². The Hall–Kier alpha value is -3.70. The number of rotatable bonds is 5. The number of fused-ring (bicyclic) bond motifs is 1. The van der Waals surface area contributed by atoms with E-state index in [-0.39, 0.29) is 18.1 Å². The number of carbonyl (C=O) groups is 1. The minimum absolute atomic E-state index is 0.119. The Morgan fingerprint density at radius 2 is 1.86 bits per heavy atom. The molecule has 1 heterocycles. The second-order valence-corrected chi connectivity index (χ2v) is 6.14. The predicted octanol–water partition coefficient (Wildman–Crippen LogP) is 2.74. The molecule has 144 valence electrons. The zero-order chi connectivity index (χ0) is 20.5. The number of nitrogens with one attached hydrogen (secondary N) is 1. The zero-order valence-corrected chi connectivity index (χ0v) is 15.6. The summed E-state index contributed by atoms with van der Waals surface area (Å²) in [5, 5.41) is 3.73. The number of hydrogen-bond donors (Lipinski definition) is 2. The number of nitrogen functional groups attached to an aromatic ring is 1. The summed E-state index contributed by atoms with van der Waals surface area (Å²) in [5.74, 6) is 0.551. The Bertz CT molecular complexity index is 984. The minimum Gasteiger partial charge on any atom is -0.491 e. The van der Waals surface area contributed by atoms with E-state index < -0.39 is 0 Å². The van der Waals surface area contributed by atoms with Crippen LogP contribution >= 0.6 is 0 Å². The summed E-state index contributed by atoms with van der Waals surface area (Å²) in [6.45, 7) is 4.15. The molecule has 1 unspecified atom stereocenters. The maximum absolute atomic E-state index is 12.2. The van der Waals surface area contributed by atoms with Crippen LogP contribution in [0.15, 0.2) is 54.6 Å². The average Bonchev–Trinajstić information content (AvgIpc) is 2.67. The maximum Gasteiger partial charge on any atom is 0.373 e. The molecular formula is C21H21N3O4. The van der Waals surface area contributed by atoms with Crippen molar-refractivity contribution in [3.63, 3.8) is 0 Å². The monoisotopic (exact) mass is 379 g/mol. The van der Waals surface area contributed by atoms with Gasteiger partial charge in [-0.25, -0.2) is 0 Å². The van der Waals surface area contributed by atoms with E-state index in [0.29, 0.717) is 23.6 Å². The number of pyridine rings is 1. The number of carbonyl (C=O) groups excluding carboxylic acids is 3. The van der Waals surface area contributed by atoms with Crippen molar-refractivity contribution in [2.75, 3.05) is 12.3 Å². The Kier molecular flexibility index (Phi) is 7.25. The largest absolute Gasteiger partial charge is 0.491 e. The first-order valence-electron chi connectivity index (χ1n) is 8.60. The molecule has 0 saturated carbocycles. The molecule has 0 saturated heterocycles. The number of benzene rings is 2. The lowest BCUT2D eigenvalue weighted by molar-refractivity contribution is -0.191. The van der Waals surface area contributed by atoms with E-state index in [0.717, 1.165) is 16.6 Å². The maximum atomic E-state index is 12.2. The summed E-state index contributed by atoms with van der Waals surface area (Å²) in [6.07, 6.45) is 0.250. The van der Waals surface area contributed by atoms with Gasteiger partial charge >= 0.3 is 6.15 Å². The van der Waals surface area contributed by atoms with Gasteiger partial charge in [-0.1, -0.05) is 24.3 Å². The molecule has 7 nitrogen and oxygen atoms in total. The second-order valence-electron chi connectivity index (χ2n) is 6.14. The minimum atomic E-state index is -0.150. The van der Waals surface area contributed by atoms with Crippen molar-refractivity contribution in [2.45, 2.75) is 19.9 Å². The van der Waals surface area contributed by atoms with Gasteiger partial charge in [0, 0.05) is 16.9 Å². The smallest absolute Gasteiger partial charge is 0.373 e. The molecule has 3 N–H and O–H groups in total. The number of aryl methyl sites for hydroxylation is 1. The summed E-state index contributed by atoms with van der Waals surface area (Å²) in [4.78, 5) is 32.9. The number of hydrogen-bond acceptors (Lipinski definition) is 6. The Balaban J connectivity index is 0.000000878. The molecule has 0 fully saturated rings. The quantitative estimate of drug-likeness (QED) is 0.705. The summed E-state index contributed by atoms with van der Waals surface area (Å²) >= 11 is 0. The van der Waals surface area contributed by atoms with Gasteiger partial charge in [0.1, 0.15) is 12.4 Å². The van der Waals surface area contributed by atoms with Gasteiger partial charge < -0.3 is 15.8 Å². The summed E-state index contributed by atoms with van der Waals surface area (Å²) in [6, 6.07) is 16.4. The Morgan fingerprint density at radius 1 is 1.18 bits per heavy atom. The lowest BCUT2D eigenvalue weighted by Crippen LogP contribution is -2.36. The average molecular weight is 379 g/mol. The zero-order valence-electron chi connectivity index (χ0n) is 15.6. The van der Waals surface area contributed by atoms with Crippen molar-refractivity contribution in [1.29, 1.82) is 0 Å². The number of aromatic nitrogens is 1. The van der Waals surface area contributed by atoms with Gasteiger partial charge in [-0.15, -0.1) is 0 Å². The van der Waals surface area contributed by atoms with Crippen molar-refractivity contribution in [3.05, 3.63) is 65.9 Å². The van der Waals surface area contributed by atoms with Crippen LogP contribution in [0.5, 0.6) is 5.75 Å². The number of nitrogens with zero attached hydrogens (tertiary/aromatic N) is 1. The van der Waals surface area contributed by atoms with Gasteiger partial charge in [-0.05, 0) is 44.2 Å². The SMILES string of the molecule is Cc1cc(N)c2c(OCC(C)NC(=O)c3ccccc3)cccc2n1.O=C=O. The molecule has 0 bridgehead atoms. The van der Waals surface area contributed by atoms with E-state index in [4.69, 9.17) is 20.1 Å². The highest BCUT2D eigenvalue weighted by molar-refractivity contribution is 5.96. The van der Waals surface area contributed by atoms with E-state index in [9.17, 15) is 4.79 Å². The highest BCUT2D eigenvalue weighted by Gasteiger charge is 2.12. The first kappa shape index (κ1) is 20.6. The standard InChI is InChI=1S/C20H21N3O2.CO2/c1-13-11-16(21)19-17(22-13)9-6-10-18(19)25-12-14(2)23-20(24)15-7-4-3-5-8-15;2-1-3/h3-11,14H,12H2,1-2H3,(H2,21,22)(H,23,24);. The van der Waals surface area contributed by atoms with Crippen LogP contribution in [0.3, 0.4) is 0 Å². The number of ether oxygens (including phenoxy) is 1. The molecule has 3 rings (SSSR count). The molecule has 0 radical (unpaired) electrons. The van der Waals surface area contributed by atoms with E-state index in [1.165, 1.54) is 0 Å². The molecule has 7 heteroatoms. The van der Waals surface area contributed by atoms with E-state index in [1.807, 2.05) is 56.3 Å². The van der Waals surface area contributed by atoms with Gasteiger partial charge in [0.2, 0.25) is 0 Å². The predicted molar refractivity (Wildman–Crippen MR) is 105 cm³/mol. The summed E-state index contributed by atoms with van der Waals surface area (Å²) < 4.78 is 5.90. The van der Waals surface area contributed by atoms with Gasteiger partial charge in [-0.3, -0.25) is 9.78 Å². The van der Waals surface area contributed by atoms with Crippen LogP contribution in [0.4, 0.5) is 5.69 Å². The van der Waals surface area contributed by atoms with E-state index in [1.54, 1.807) is 12.1 Å². The van der Waals surface area contributed by atoms with Crippen LogP contribution in [0.2, 0.25) is 0 Å². The third-order valence-corrected chi connectivity index (χ3v) is 3.86. The normalized spacial score (nSPS) is 10.9. The molecule has 0 aliphatic heterocycles. The first-order chi connectivity index (χ1) is 13.5. The fourth-order valence-electron chi connectivity index (χ4n) is 2.70. The Labute approximate surface area is 162 Å². The van der Waals surface area contributed by atoms with Gasteiger partial charge in [0.15, 0.2) is 0 Å². The van der Waals surface area contributed by atoms with Gasteiger partial charge in [0.05, 0.1) is 16.9 Å². The molecule has 0 spiro atoms. The lowest BCUT2D eigenvalue weighted by Gasteiger charge is -2.17. The summed E-state index contributed by atoms with van der Waals surface area (Å²) in [5.41, 5.74) is 9.07. The molecule has 0 aliphatic rings. The third-order valence-electron chi connectivity index (χ3n) is 3.86. The molecular weight excluding hydrogens is 358 g/mol. The topological polar surface area (TPSA) is 111 Å². The van der Waals surface area contributed by atoms with Gasteiger partial charge in [0.25, 0.3) is 5.91 Å². The van der Waals surface area contributed by atoms with Crippen molar-refractivity contribution in [1.82, 2.24) is 10.3 Å². The molecule has 3 aromatic rings. The van der Waals surface area contributed by atoms with Crippen LogP contribution in [0, 0.1) is 6.92 Å². The third kappa shape index (κ3) is 5.40. The van der Waals surface area contributed by atoms with Crippen molar-refractivity contribution < 1.29 is 19.1 Å². The highest BCUT2D eigenvalue weighted by Crippen LogP contribution is 2.30. The highest BCUT2D eigenvalue weighted by atomic mass is 16.5. The first-order valence-corrected chi connectivity index (χ1v) is 8.60. The van der Waals surface area contributed by atoms with E-state index >= 15 is 0 Å². The molecule has 1 aromatic heterocycles. The Morgan fingerprint density at radius 3 is 2.54 bits per heavy atom. The van der Waals surface area contributed by atoms with Crippen molar-refractivity contribution >= 4 is 28.6 Å². The molecule has 2 aromatic carbocycles. The van der Waals surface area contributed by atoms with Crippen molar-refractivity contribution in [3.8, 4) is 5.75 Å². The summed E-state index contributed by atoms with van der Waals surface area (Å²) in [7, 11) is 0. The molecule has 0 aliphatic carbocycles. The fraction of sp³-hybridized carbons (Fsp3) is 0.190. The number of anilines is 1. The molecule has 28 heavy (non-hydrogen) atoms. The fourth-order valence-corrected chi connectivity index (χ4v) is 2.70. The number of nitrogens with two attached hydrogens (primary N) is 1. The molecule has 1 atom stereocenters. The van der Waals surface area contributed by atoms with Crippen LogP contribution < -0.4 is 15.8 Å². The van der Waals surface area contributed by atoms with Gasteiger partial charge in [-0.2, -0.15) is 9.59 Å². The van der Waals surface area contributed by atoms with Crippen LogP contribution in [0.1, 0.15) is 23.0 Å². The second kappa shape index (κ2) is 9.85. The number of amides is 1.